The van der Waals surface area contributed by atoms with E-state index in [0.29, 0.717) is 12.0 Å². The van der Waals surface area contributed by atoms with Gasteiger partial charge in [-0.15, -0.1) is 0 Å². The van der Waals surface area contributed by atoms with Gasteiger partial charge in [-0.1, -0.05) is 20.3 Å². The summed E-state index contributed by atoms with van der Waals surface area (Å²) in [6.45, 7) is 5.15. The van der Waals surface area contributed by atoms with Crippen LogP contribution in [0.25, 0.3) is 10.9 Å². The lowest BCUT2D eigenvalue weighted by Crippen LogP contribution is -2.04. The first-order chi connectivity index (χ1) is 10.6. The summed E-state index contributed by atoms with van der Waals surface area (Å²) in [5, 5.41) is 19.7. The first-order valence-electron chi connectivity index (χ1n) is 8.11. The molecule has 0 unspecified atom stereocenters. The molecule has 0 fully saturated rings. The number of hydrogen-bond acceptors (Lipinski definition) is 2. The summed E-state index contributed by atoms with van der Waals surface area (Å²) in [5.74, 6) is -0.871. The molecule has 2 rings (SSSR count). The number of unbranched alkanes of at least 4 members (excludes halogenated alkanes) is 1. The molecule has 0 bridgehead atoms. The number of carboxylic acids is 1. The van der Waals surface area contributed by atoms with Gasteiger partial charge in [-0.2, -0.15) is 0 Å². The van der Waals surface area contributed by atoms with Crippen LogP contribution in [0.1, 0.15) is 54.6 Å². The van der Waals surface area contributed by atoms with Gasteiger partial charge >= 0.3 is 5.97 Å². The predicted octanol–water partition coefficient (Wildman–Crippen LogP) is 3.63. The highest BCUT2D eigenvalue weighted by Gasteiger charge is 2.17. The average molecular weight is 303 g/mol. The summed E-state index contributed by atoms with van der Waals surface area (Å²) in [7, 11) is 0. The highest BCUT2D eigenvalue weighted by Crippen LogP contribution is 2.28. The Morgan fingerprint density at radius 2 is 2.00 bits per heavy atom. The number of rotatable bonds is 8. The molecule has 0 aliphatic carbocycles. The first kappa shape index (κ1) is 16.6. The van der Waals surface area contributed by atoms with Crippen LogP contribution in [0.15, 0.2) is 18.3 Å². The van der Waals surface area contributed by atoms with Crippen molar-refractivity contribution in [3.05, 3.63) is 35.0 Å². The van der Waals surface area contributed by atoms with Crippen molar-refractivity contribution in [2.45, 2.75) is 52.5 Å². The lowest BCUT2D eigenvalue weighted by atomic mass is 10.0. The van der Waals surface area contributed by atoms with Crippen molar-refractivity contribution < 1.29 is 15.0 Å². The van der Waals surface area contributed by atoms with Crippen molar-refractivity contribution in [2.75, 3.05) is 6.61 Å². The Labute approximate surface area is 131 Å². The summed E-state index contributed by atoms with van der Waals surface area (Å²) in [4.78, 5) is 11.7. The van der Waals surface area contributed by atoms with E-state index < -0.39 is 5.97 Å². The van der Waals surface area contributed by atoms with Gasteiger partial charge < -0.3 is 14.8 Å². The van der Waals surface area contributed by atoms with Crippen LogP contribution in [0.3, 0.4) is 0 Å². The molecule has 0 amide bonds. The summed E-state index contributed by atoms with van der Waals surface area (Å²) >= 11 is 0. The normalized spacial score (nSPS) is 11.2. The fourth-order valence-electron chi connectivity index (χ4n) is 2.91. The molecular weight excluding hydrogens is 278 g/mol. The highest BCUT2D eigenvalue weighted by molar-refractivity contribution is 6.03. The molecule has 4 heteroatoms. The second-order valence-electron chi connectivity index (χ2n) is 5.73. The topological polar surface area (TPSA) is 62.5 Å². The zero-order valence-corrected chi connectivity index (χ0v) is 13.4. The molecule has 0 spiro atoms. The van der Waals surface area contributed by atoms with Crippen molar-refractivity contribution in [3.63, 3.8) is 0 Å². The standard InChI is InChI=1S/C18H25NO3/c1-3-5-8-19-12-14(7-6-9-20)15-10-13(4-2)11-16(17(15)19)18(21)22/h10-12,20H,3-9H2,1-2H3,(H,21,22). The summed E-state index contributed by atoms with van der Waals surface area (Å²) in [6, 6.07) is 3.90. The average Bonchev–Trinajstić information content (AvgIpc) is 2.87. The minimum absolute atomic E-state index is 0.154. The minimum Gasteiger partial charge on any atom is -0.478 e. The minimum atomic E-state index is -0.871. The van der Waals surface area contributed by atoms with Crippen LogP contribution in [0.4, 0.5) is 0 Å². The van der Waals surface area contributed by atoms with Gasteiger partial charge in [0, 0.05) is 24.7 Å². The first-order valence-corrected chi connectivity index (χ1v) is 8.11. The van der Waals surface area contributed by atoms with E-state index >= 15 is 0 Å². The number of hydrogen-bond donors (Lipinski definition) is 2. The van der Waals surface area contributed by atoms with Gasteiger partial charge in [0.05, 0.1) is 11.1 Å². The van der Waals surface area contributed by atoms with E-state index in [4.69, 9.17) is 5.11 Å². The third-order valence-corrected chi connectivity index (χ3v) is 4.11. The third kappa shape index (κ3) is 3.33. The number of nitrogens with zero attached hydrogens (tertiary/aromatic N) is 1. The van der Waals surface area contributed by atoms with E-state index in [1.165, 1.54) is 0 Å². The number of fused-ring (bicyclic) bond motifs is 1. The summed E-state index contributed by atoms with van der Waals surface area (Å²) in [5.41, 5.74) is 3.40. The van der Waals surface area contributed by atoms with Gasteiger partial charge in [0.15, 0.2) is 0 Å². The highest BCUT2D eigenvalue weighted by atomic mass is 16.4. The molecule has 120 valence electrons. The molecule has 1 aromatic carbocycles. The largest absolute Gasteiger partial charge is 0.478 e. The second kappa shape index (κ2) is 7.45. The van der Waals surface area contributed by atoms with Crippen molar-refractivity contribution in [1.29, 1.82) is 0 Å². The molecule has 0 aliphatic heterocycles. The van der Waals surface area contributed by atoms with Crippen LogP contribution in [0.2, 0.25) is 0 Å². The van der Waals surface area contributed by atoms with Crippen LogP contribution in [0, 0.1) is 0 Å². The molecule has 0 saturated carbocycles. The summed E-state index contributed by atoms with van der Waals surface area (Å²) in [6.07, 6.45) is 6.46. The third-order valence-electron chi connectivity index (χ3n) is 4.11. The van der Waals surface area contributed by atoms with Crippen molar-refractivity contribution in [3.8, 4) is 0 Å². The second-order valence-corrected chi connectivity index (χ2v) is 5.73. The molecule has 2 N–H and O–H groups in total. The number of aliphatic hydroxyl groups excluding tert-OH is 1. The molecule has 1 aromatic heterocycles. The van der Waals surface area contributed by atoms with E-state index in [-0.39, 0.29) is 6.61 Å². The molecule has 0 saturated heterocycles. The quantitative estimate of drug-likeness (QED) is 0.783. The molecule has 1 heterocycles. The van der Waals surface area contributed by atoms with Crippen LogP contribution in [-0.4, -0.2) is 27.4 Å². The van der Waals surface area contributed by atoms with Gasteiger partial charge in [0.25, 0.3) is 0 Å². The zero-order valence-electron chi connectivity index (χ0n) is 13.4. The molecule has 0 aliphatic rings. The number of aromatic nitrogens is 1. The predicted molar refractivity (Wildman–Crippen MR) is 88.6 cm³/mol. The monoisotopic (exact) mass is 303 g/mol. The van der Waals surface area contributed by atoms with Gasteiger partial charge in [-0.05, 0) is 48.9 Å². The van der Waals surface area contributed by atoms with E-state index in [1.807, 2.05) is 6.92 Å². The lowest BCUT2D eigenvalue weighted by molar-refractivity contribution is 0.0698. The maximum absolute atomic E-state index is 11.7. The number of aliphatic hydroxyl groups is 1. The van der Waals surface area contributed by atoms with Crippen molar-refractivity contribution >= 4 is 16.9 Å². The fraction of sp³-hybridized carbons (Fsp3) is 0.500. The Kier molecular flexibility index (Phi) is 5.61. The Morgan fingerprint density at radius 3 is 2.59 bits per heavy atom. The van der Waals surface area contributed by atoms with Gasteiger partial charge in [0.1, 0.15) is 0 Å². The Morgan fingerprint density at radius 1 is 1.23 bits per heavy atom. The summed E-state index contributed by atoms with van der Waals surface area (Å²) < 4.78 is 2.08. The Balaban J connectivity index is 2.64. The molecule has 2 aromatic rings. The van der Waals surface area contributed by atoms with Crippen LogP contribution < -0.4 is 0 Å². The number of aromatic carboxylic acids is 1. The zero-order chi connectivity index (χ0) is 16.1. The maximum Gasteiger partial charge on any atom is 0.337 e. The Hall–Kier alpha value is -1.81. The molecular formula is C18H25NO3. The smallest absolute Gasteiger partial charge is 0.337 e. The Bertz CT molecular complexity index is 658. The van der Waals surface area contributed by atoms with E-state index in [1.54, 1.807) is 6.07 Å². The molecule has 0 radical (unpaired) electrons. The van der Waals surface area contributed by atoms with Crippen molar-refractivity contribution in [2.24, 2.45) is 0 Å². The number of aryl methyl sites for hydroxylation is 3. The maximum atomic E-state index is 11.7. The fourth-order valence-corrected chi connectivity index (χ4v) is 2.91. The molecule has 22 heavy (non-hydrogen) atoms. The van der Waals surface area contributed by atoms with Crippen LogP contribution in [0.5, 0.6) is 0 Å². The molecule has 4 nitrogen and oxygen atoms in total. The number of benzene rings is 1. The van der Waals surface area contributed by atoms with E-state index in [9.17, 15) is 9.90 Å². The van der Waals surface area contributed by atoms with Crippen LogP contribution >= 0.6 is 0 Å². The SMILES string of the molecule is CCCCn1cc(CCCO)c2cc(CC)cc(C(=O)O)c21. The lowest BCUT2D eigenvalue weighted by Gasteiger charge is -2.08. The van der Waals surface area contributed by atoms with Gasteiger partial charge in [-0.25, -0.2) is 4.79 Å². The van der Waals surface area contributed by atoms with Crippen LogP contribution in [-0.2, 0) is 19.4 Å². The molecule has 0 atom stereocenters. The van der Waals surface area contributed by atoms with Gasteiger partial charge in [-0.3, -0.25) is 0 Å². The number of carbonyl (C=O) groups is 1. The van der Waals surface area contributed by atoms with Crippen molar-refractivity contribution in [1.82, 2.24) is 4.57 Å². The van der Waals surface area contributed by atoms with E-state index in [2.05, 4.69) is 23.8 Å². The van der Waals surface area contributed by atoms with E-state index in [0.717, 1.165) is 54.3 Å². The number of carboxylic acid groups (broad SMARTS) is 1. The van der Waals surface area contributed by atoms with Gasteiger partial charge in [0.2, 0.25) is 0 Å².